The Morgan fingerprint density at radius 1 is 1.17 bits per heavy atom. The Hall–Kier alpha value is -2.71. The molecule has 150 valence electrons. The van der Waals surface area contributed by atoms with Crippen molar-refractivity contribution in [3.8, 4) is 5.75 Å². The molecule has 0 spiro atoms. The summed E-state index contributed by atoms with van der Waals surface area (Å²) in [7, 11) is 0. The van der Waals surface area contributed by atoms with Gasteiger partial charge in [-0.2, -0.15) is 0 Å². The van der Waals surface area contributed by atoms with Gasteiger partial charge in [-0.25, -0.2) is 0 Å². The number of carbonyl (C=O) groups is 3. The number of benzene rings is 2. The molecule has 2 amide bonds. The maximum atomic E-state index is 13.3. The Labute approximate surface area is 175 Å². The van der Waals surface area contributed by atoms with E-state index in [1.54, 1.807) is 24.3 Å². The van der Waals surface area contributed by atoms with Crippen LogP contribution in [0.25, 0.3) is 0 Å². The van der Waals surface area contributed by atoms with Gasteiger partial charge in [0, 0.05) is 16.1 Å². The second-order valence-corrected chi connectivity index (χ2v) is 8.50. The molecule has 0 saturated carbocycles. The van der Waals surface area contributed by atoms with Crippen LogP contribution in [-0.4, -0.2) is 38.4 Å². The van der Waals surface area contributed by atoms with Crippen LogP contribution in [0.4, 0.5) is 0 Å². The van der Waals surface area contributed by atoms with Crippen molar-refractivity contribution in [2.75, 3.05) is 0 Å². The summed E-state index contributed by atoms with van der Waals surface area (Å²) in [6.45, 7) is 1.50. The standard InChI is InChI=1S/C21H19BrN2O5/c1-21(20(28)29)16-15(17(23-21)13-9-12(22)7-8-14(13)25)18(26)24(19(16)27)10-11-5-3-2-4-6-11/h2-9,15-17,23,25H,10H2,1H3,(H,28,29)/t15-,16-,17-,21+/m1/s1. The number of phenolic OH excluding ortho intramolecular Hbond substituents is 1. The summed E-state index contributed by atoms with van der Waals surface area (Å²) in [5.74, 6) is -4.23. The number of fused-ring (bicyclic) bond motifs is 1. The third kappa shape index (κ3) is 3.03. The van der Waals surface area contributed by atoms with Crippen LogP contribution in [-0.2, 0) is 20.9 Å². The van der Waals surface area contributed by atoms with E-state index in [9.17, 15) is 24.6 Å². The van der Waals surface area contributed by atoms with Gasteiger partial charge in [-0.15, -0.1) is 0 Å². The summed E-state index contributed by atoms with van der Waals surface area (Å²) in [6.07, 6.45) is 0. The molecular formula is C21H19BrN2O5. The Bertz CT molecular complexity index is 1010. The van der Waals surface area contributed by atoms with E-state index in [2.05, 4.69) is 21.2 Å². The number of carboxylic acid groups (broad SMARTS) is 1. The number of imide groups is 1. The molecule has 2 fully saturated rings. The summed E-state index contributed by atoms with van der Waals surface area (Å²) >= 11 is 3.34. The van der Waals surface area contributed by atoms with E-state index >= 15 is 0 Å². The van der Waals surface area contributed by atoms with E-state index in [1.807, 2.05) is 18.2 Å². The molecule has 2 aliphatic rings. The molecule has 2 aromatic rings. The first kappa shape index (κ1) is 19.6. The van der Waals surface area contributed by atoms with E-state index in [1.165, 1.54) is 13.0 Å². The lowest BCUT2D eigenvalue weighted by Gasteiger charge is -2.27. The van der Waals surface area contributed by atoms with Crippen LogP contribution >= 0.6 is 15.9 Å². The summed E-state index contributed by atoms with van der Waals surface area (Å²) in [4.78, 5) is 39.7. The summed E-state index contributed by atoms with van der Waals surface area (Å²) in [6, 6.07) is 13.0. The van der Waals surface area contributed by atoms with Crippen LogP contribution in [0, 0.1) is 11.8 Å². The molecule has 2 aromatic carbocycles. The Morgan fingerprint density at radius 3 is 2.52 bits per heavy atom. The third-order valence-corrected chi connectivity index (χ3v) is 6.32. The lowest BCUT2D eigenvalue weighted by atomic mass is 9.80. The maximum Gasteiger partial charge on any atom is 0.324 e. The number of likely N-dealkylation sites (tertiary alicyclic amines) is 1. The number of carbonyl (C=O) groups excluding carboxylic acids is 2. The maximum absolute atomic E-state index is 13.3. The number of amides is 2. The highest BCUT2D eigenvalue weighted by Gasteiger charge is 2.66. The van der Waals surface area contributed by atoms with Gasteiger partial charge in [-0.1, -0.05) is 46.3 Å². The molecule has 7 nitrogen and oxygen atoms in total. The number of halogens is 1. The van der Waals surface area contributed by atoms with E-state index in [-0.39, 0.29) is 12.3 Å². The van der Waals surface area contributed by atoms with Crippen molar-refractivity contribution in [3.63, 3.8) is 0 Å². The van der Waals surface area contributed by atoms with Crippen LogP contribution in [0.5, 0.6) is 5.75 Å². The highest BCUT2D eigenvalue weighted by atomic mass is 79.9. The van der Waals surface area contributed by atoms with E-state index in [0.29, 0.717) is 10.0 Å². The Balaban J connectivity index is 1.78. The van der Waals surface area contributed by atoms with Crippen LogP contribution < -0.4 is 5.32 Å². The summed E-state index contributed by atoms with van der Waals surface area (Å²) in [5.41, 5.74) is -0.481. The fraction of sp³-hybridized carbons (Fsp3) is 0.286. The zero-order valence-electron chi connectivity index (χ0n) is 15.5. The SMILES string of the molecule is C[C@]1(C(=O)O)N[C@H](c2cc(Br)ccc2O)[C@@H]2C(=O)N(Cc3ccccc3)C(=O)[C@@H]21. The number of nitrogens with zero attached hydrogens (tertiary/aromatic N) is 1. The topological polar surface area (TPSA) is 107 Å². The molecule has 2 saturated heterocycles. The van der Waals surface area contributed by atoms with Crippen LogP contribution in [0.1, 0.15) is 24.1 Å². The molecule has 0 bridgehead atoms. The van der Waals surface area contributed by atoms with Crippen molar-refractivity contribution < 1.29 is 24.6 Å². The van der Waals surface area contributed by atoms with Crippen molar-refractivity contribution in [2.45, 2.75) is 25.0 Å². The Kier molecular flexibility index (Phi) is 4.71. The van der Waals surface area contributed by atoms with Gasteiger partial charge < -0.3 is 10.2 Å². The number of carboxylic acids is 1. The highest BCUT2D eigenvalue weighted by Crippen LogP contribution is 2.50. The minimum atomic E-state index is -1.64. The first-order valence-electron chi connectivity index (χ1n) is 9.12. The van der Waals surface area contributed by atoms with Gasteiger partial charge >= 0.3 is 5.97 Å². The molecule has 8 heteroatoms. The van der Waals surface area contributed by atoms with E-state index < -0.39 is 41.2 Å². The van der Waals surface area contributed by atoms with Gasteiger partial charge in [0.25, 0.3) is 0 Å². The van der Waals surface area contributed by atoms with Crippen molar-refractivity contribution in [1.82, 2.24) is 10.2 Å². The van der Waals surface area contributed by atoms with Crippen LogP contribution in [0.15, 0.2) is 53.0 Å². The number of aromatic hydroxyl groups is 1. The smallest absolute Gasteiger partial charge is 0.324 e. The fourth-order valence-corrected chi connectivity index (χ4v) is 4.74. The summed E-state index contributed by atoms with van der Waals surface area (Å²) < 4.78 is 0.672. The predicted molar refractivity (Wildman–Crippen MR) is 107 cm³/mol. The highest BCUT2D eigenvalue weighted by molar-refractivity contribution is 9.10. The monoisotopic (exact) mass is 458 g/mol. The van der Waals surface area contributed by atoms with Gasteiger partial charge in [0.2, 0.25) is 11.8 Å². The predicted octanol–water partition coefficient (Wildman–Crippen LogP) is 2.44. The van der Waals surface area contributed by atoms with E-state index in [0.717, 1.165) is 10.5 Å². The van der Waals surface area contributed by atoms with Gasteiger partial charge in [0.1, 0.15) is 11.3 Å². The second kappa shape index (κ2) is 6.96. The van der Waals surface area contributed by atoms with Crippen molar-refractivity contribution >= 4 is 33.7 Å². The molecule has 0 aromatic heterocycles. The number of aliphatic carboxylic acids is 1. The molecule has 29 heavy (non-hydrogen) atoms. The van der Waals surface area contributed by atoms with Crippen molar-refractivity contribution in [2.24, 2.45) is 11.8 Å². The summed E-state index contributed by atoms with van der Waals surface area (Å²) in [5, 5.41) is 23.2. The first-order chi connectivity index (χ1) is 13.7. The lowest BCUT2D eigenvalue weighted by molar-refractivity contribution is -0.150. The Morgan fingerprint density at radius 2 is 1.86 bits per heavy atom. The van der Waals surface area contributed by atoms with Crippen molar-refractivity contribution in [1.29, 1.82) is 0 Å². The largest absolute Gasteiger partial charge is 0.508 e. The normalized spacial score (nSPS) is 28.6. The average molecular weight is 459 g/mol. The molecule has 0 unspecified atom stereocenters. The molecule has 4 rings (SSSR count). The third-order valence-electron chi connectivity index (χ3n) is 5.83. The van der Waals surface area contributed by atoms with Gasteiger partial charge in [0.05, 0.1) is 18.4 Å². The molecule has 0 radical (unpaired) electrons. The first-order valence-corrected chi connectivity index (χ1v) is 9.92. The van der Waals surface area contributed by atoms with Crippen molar-refractivity contribution in [3.05, 3.63) is 64.1 Å². The molecule has 2 aliphatic heterocycles. The minimum absolute atomic E-state index is 0.0687. The zero-order valence-corrected chi connectivity index (χ0v) is 17.1. The van der Waals surface area contributed by atoms with Gasteiger partial charge in [-0.3, -0.25) is 24.6 Å². The lowest BCUT2D eigenvalue weighted by Crippen LogP contribution is -2.53. The van der Waals surface area contributed by atoms with Crippen LogP contribution in [0.3, 0.4) is 0 Å². The number of hydrogen-bond acceptors (Lipinski definition) is 5. The second-order valence-electron chi connectivity index (χ2n) is 7.58. The minimum Gasteiger partial charge on any atom is -0.508 e. The molecular weight excluding hydrogens is 440 g/mol. The number of hydrogen-bond donors (Lipinski definition) is 3. The van der Waals surface area contributed by atoms with Gasteiger partial charge in [0.15, 0.2) is 0 Å². The molecule has 0 aliphatic carbocycles. The van der Waals surface area contributed by atoms with Crippen LogP contribution in [0.2, 0.25) is 0 Å². The fourth-order valence-electron chi connectivity index (χ4n) is 4.36. The number of phenols is 1. The molecule has 4 atom stereocenters. The van der Waals surface area contributed by atoms with E-state index in [4.69, 9.17) is 0 Å². The zero-order chi connectivity index (χ0) is 20.9. The number of nitrogens with one attached hydrogen (secondary N) is 1. The quantitative estimate of drug-likeness (QED) is 0.607. The molecule has 3 N–H and O–H groups in total. The van der Waals surface area contributed by atoms with Gasteiger partial charge in [-0.05, 0) is 30.7 Å². The number of rotatable bonds is 4. The average Bonchev–Trinajstić information content (AvgIpc) is 3.14. The molecule has 2 heterocycles.